The van der Waals surface area contributed by atoms with Crippen LogP contribution < -0.4 is 9.46 Å². The summed E-state index contributed by atoms with van der Waals surface area (Å²) >= 11 is 1.42. The summed E-state index contributed by atoms with van der Waals surface area (Å²) in [6.45, 7) is 1.65. The molecule has 1 aromatic carbocycles. The molecule has 0 saturated carbocycles. The van der Waals surface area contributed by atoms with E-state index in [1.807, 2.05) is 48.7 Å². The minimum Gasteiger partial charge on any atom is -0.475 e. The summed E-state index contributed by atoms with van der Waals surface area (Å²) < 4.78 is 34.1. The lowest BCUT2D eigenvalue weighted by atomic mass is 10.1. The van der Waals surface area contributed by atoms with E-state index in [0.29, 0.717) is 11.1 Å². The van der Waals surface area contributed by atoms with Crippen LogP contribution in [0.15, 0.2) is 65.6 Å². The van der Waals surface area contributed by atoms with Gasteiger partial charge in [-0.1, -0.05) is 35.9 Å². The van der Waals surface area contributed by atoms with Gasteiger partial charge in [0.1, 0.15) is 6.61 Å². The average molecular weight is 496 g/mol. The number of hydrogen-bond donors (Lipinski definition) is 2. The molecule has 0 spiro atoms. The van der Waals surface area contributed by atoms with Crippen molar-refractivity contribution in [2.45, 2.75) is 6.92 Å². The van der Waals surface area contributed by atoms with Gasteiger partial charge in [0, 0.05) is 17.3 Å². The first-order chi connectivity index (χ1) is 16.4. The van der Waals surface area contributed by atoms with E-state index in [0.717, 1.165) is 15.8 Å². The number of rotatable bonds is 9. The fourth-order valence-electron chi connectivity index (χ4n) is 2.97. The molecule has 0 amide bonds. The number of nitrogens with one attached hydrogen (secondary N) is 1. The van der Waals surface area contributed by atoms with Gasteiger partial charge >= 0.3 is 0 Å². The van der Waals surface area contributed by atoms with Crippen LogP contribution >= 0.6 is 11.3 Å². The Morgan fingerprint density at radius 1 is 1.06 bits per heavy atom. The Morgan fingerprint density at radius 2 is 1.82 bits per heavy atom. The molecule has 0 radical (unpaired) electrons. The maximum absolute atomic E-state index is 12.9. The molecule has 0 aliphatic heterocycles. The van der Waals surface area contributed by atoms with Crippen LogP contribution in [0, 0.1) is 6.92 Å². The lowest BCUT2D eigenvalue weighted by Crippen LogP contribution is -2.14. The predicted octanol–water partition coefficient (Wildman–Crippen LogP) is 3.75. The zero-order chi connectivity index (χ0) is 24.0. The van der Waals surface area contributed by atoms with Gasteiger partial charge in [-0.3, -0.25) is 4.72 Å². The van der Waals surface area contributed by atoms with E-state index in [4.69, 9.17) is 4.74 Å². The molecular weight excluding hydrogens is 474 g/mol. The van der Waals surface area contributed by atoms with Gasteiger partial charge in [0.15, 0.2) is 11.6 Å². The molecule has 0 aliphatic rings. The molecule has 0 fully saturated rings. The number of aryl methyl sites for hydroxylation is 1. The monoisotopic (exact) mass is 495 g/mol. The number of aliphatic hydroxyl groups excluding tert-OH is 1. The molecular formula is C23H21N5O4S2. The number of thiophene rings is 1. The molecule has 4 rings (SSSR count). The van der Waals surface area contributed by atoms with Crippen LogP contribution in [-0.4, -0.2) is 46.7 Å². The van der Waals surface area contributed by atoms with E-state index < -0.39 is 10.0 Å². The van der Waals surface area contributed by atoms with Crippen LogP contribution in [0.2, 0.25) is 0 Å². The van der Waals surface area contributed by atoms with E-state index in [1.54, 1.807) is 6.07 Å². The number of aliphatic hydroxyl groups is 1. The number of benzene rings is 1. The molecule has 174 valence electrons. The summed E-state index contributed by atoms with van der Waals surface area (Å²) in [7, 11) is -3.95. The molecule has 0 atom stereocenters. The molecule has 34 heavy (non-hydrogen) atoms. The number of ether oxygens (including phenoxy) is 1. The summed E-state index contributed by atoms with van der Waals surface area (Å²) in [4.78, 5) is 18.0. The Morgan fingerprint density at radius 3 is 2.50 bits per heavy atom. The van der Waals surface area contributed by atoms with Crippen molar-refractivity contribution in [3.8, 4) is 28.7 Å². The first-order valence-corrected chi connectivity index (χ1v) is 12.6. The van der Waals surface area contributed by atoms with Crippen molar-refractivity contribution in [2.75, 3.05) is 17.9 Å². The maximum atomic E-state index is 12.9. The molecule has 11 heteroatoms. The topological polar surface area (TPSA) is 127 Å². The molecule has 3 aromatic heterocycles. The van der Waals surface area contributed by atoms with Gasteiger partial charge in [-0.25, -0.2) is 23.4 Å². The summed E-state index contributed by atoms with van der Waals surface area (Å²) in [5, 5.41) is 12.2. The number of hydrogen-bond acceptors (Lipinski definition) is 9. The van der Waals surface area contributed by atoms with Gasteiger partial charge in [-0.05, 0) is 36.1 Å². The van der Waals surface area contributed by atoms with Crippen LogP contribution in [0.5, 0.6) is 5.88 Å². The minimum absolute atomic E-state index is 0.00470. The highest BCUT2D eigenvalue weighted by Gasteiger charge is 2.22. The molecule has 2 N–H and O–H groups in total. The lowest BCUT2D eigenvalue weighted by Gasteiger charge is -2.16. The number of nitrogens with zero attached hydrogens (tertiary/aromatic N) is 4. The maximum Gasteiger partial charge on any atom is 0.256 e. The highest BCUT2D eigenvalue weighted by Crippen LogP contribution is 2.36. The van der Waals surface area contributed by atoms with Crippen molar-refractivity contribution in [1.29, 1.82) is 0 Å². The van der Waals surface area contributed by atoms with Gasteiger partial charge in [-0.15, -0.1) is 11.3 Å². The SMILES string of the molecule is Cc1ccc(-c2c(NS(=O)(=O)C=Cc3cccs3)nc(-c3ncccn3)nc2OCCO)cc1. The Labute approximate surface area is 200 Å². The van der Waals surface area contributed by atoms with Crippen molar-refractivity contribution in [3.05, 3.63) is 76.1 Å². The summed E-state index contributed by atoms with van der Waals surface area (Å²) in [5.41, 5.74) is 2.00. The van der Waals surface area contributed by atoms with Crippen molar-refractivity contribution in [3.63, 3.8) is 0 Å². The third-order valence-electron chi connectivity index (χ3n) is 4.51. The second kappa shape index (κ2) is 10.5. The second-order valence-electron chi connectivity index (χ2n) is 7.05. The largest absolute Gasteiger partial charge is 0.475 e. The molecule has 0 saturated heterocycles. The van der Waals surface area contributed by atoms with Crippen LogP contribution in [-0.2, 0) is 10.0 Å². The molecule has 0 aliphatic carbocycles. The summed E-state index contributed by atoms with van der Waals surface area (Å²) in [6, 6.07) is 12.7. The highest BCUT2D eigenvalue weighted by molar-refractivity contribution is 7.95. The van der Waals surface area contributed by atoms with Crippen molar-refractivity contribution >= 4 is 33.3 Å². The third kappa shape index (κ3) is 5.81. The predicted molar refractivity (Wildman–Crippen MR) is 132 cm³/mol. The number of anilines is 1. The van der Waals surface area contributed by atoms with Crippen LogP contribution in [0.25, 0.3) is 28.9 Å². The van der Waals surface area contributed by atoms with Crippen molar-refractivity contribution in [1.82, 2.24) is 19.9 Å². The Balaban J connectivity index is 1.86. The summed E-state index contributed by atoms with van der Waals surface area (Å²) in [5.74, 6) is 0.367. The first-order valence-electron chi connectivity index (χ1n) is 10.2. The fraction of sp³-hybridized carbons (Fsp3) is 0.130. The van der Waals surface area contributed by atoms with Crippen LogP contribution in [0.1, 0.15) is 10.4 Å². The molecule has 9 nitrogen and oxygen atoms in total. The number of aromatic nitrogens is 4. The van der Waals surface area contributed by atoms with Gasteiger partial charge in [0.2, 0.25) is 11.7 Å². The van der Waals surface area contributed by atoms with Gasteiger partial charge in [0.25, 0.3) is 10.0 Å². The smallest absolute Gasteiger partial charge is 0.256 e. The summed E-state index contributed by atoms with van der Waals surface area (Å²) in [6.07, 6.45) is 4.56. The standard InChI is InChI=1S/C23H21N5O4S2/c1-16-5-7-17(8-6-16)19-20(28-34(30,31)15-9-18-4-2-14-33-18)26-22(21-24-10-3-11-25-21)27-23(19)32-13-12-29/h2-11,14-15,29H,12-13H2,1H3,(H,26,27,28). The highest BCUT2D eigenvalue weighted by atomic mass is 32.2. The Hall–Kier alpha value is -3.67. The average Bonchev–Trinajstić information content (AvgIpc) is 3.36. The fourth-order valence-corrected chi connectivity index (χ4v) is 4.48. The van der Waals surface area contributed by atoms with Gasteiger partial charge in [-0.2, -0.15) is 4.98 Å². The minimum atomic E-state index is -3.95. The van der Waals surface area contributed by atoms with E-state index in [-0.39, 0.29) is 36.6 Å². The van der Waals surface area contributed by atoms with Gasteiger partial charge < -0.3 is 9.84 Å². The Kier molecular flexibility index (Phi) is 7.26. The molecule has 3 heterocycles. The lowest BCUT2D eigenvalue weighted by molar-refractivity contribution is 0.197. The quantitative estimate of drug-likeness (QED) is 0.359. The molecule has 4 aromatic rings. The third-order valence-corrected chi connectivity index (χ3v) is 6.32. The van der Waals surface area contributed by atoms with Gasteiger partial charge in [0.05, 0.1) is 17.6 Å². The van der Waals surface area contributed by atoms with Crippen molar-refractivity contribution < 1.29 is 18.3 Å². The second-order valence-corrected chi connectivity index (χ2v) is 9.60. The van der Waals surface area contributed by atoms with E-state index in [2.05, 4.69) is 24.7 Å². The van der Waals surface area contributed by atoms with E-state index in [9.17, 15) is 13.5 Å². The zero-order valence-corrected chi connectivity index (χ0v) is 19.8. The zero-order valence-electron chi connectivity index (χ0n) is 18.1. The first kappa shape index (κ1) is 23.5. The molecule has 0 bridgehead atoms. The van der Waals surface area contributed by atoms with Crippen molar-refractivity contribution in [2.24, 2.45) is 0 Å². The van der Waals surface area contributed by atoms with Crippen LogP contribution in [0.3, 0.4) is 0 Å². The normalized spacial score (nSPS) is 11.6. The molecule has 0 unspecified atom stereocenters. The van der Waals surface area contributed by atoms with E-state index >= 15 is 0 Å². The van der Waals surface area contributed by atoms with Crippen LogP contribution in [0.4, 0.5) is 5.82 Å². The van der Waals surface area contributed by atoms with E-state index in [1.165, 1.54) is 29.8 Å². The number of sulfonamides is 1. The Bertz CT molecular complexity index is 1380.